The molecule has 0 atom stereocenters. The number of fused-ring (bicyclic) bond motifs is 3. The van der Waals surface area contributed by atoms with Gasteiger partial charge in [-0.3, -0.25) is 9.59 Å². The number of nitrogens with zero attached hydrogens (tertiary/aromatic N) is 3. The van der Waals surface area contributed by atoms with Crippen LogP contribution in [0, 0.1) is 26.6 Å². The maximum Gasteiger partial charge on any atom is 0.258 e. The molecule has 1 N–H and O–H groups in total. The summed E-state index contributed by atoms with van der Waals surface area (Å²) in [7, 11) is 0. The standard InChI is InChI=1S/C28H25FN4O2/c1-17-8-9-20(29)16-22(17)27(34)31-24-15-18(2)23(14-19(24)3)28(35)32-13-11-21-10-12-30-33(21)26-7-5-4-6-25(26)32/h4-10,12,14-16H,11,13H2,1-3H3,(H,31,34). The first-order valence-electron chi connectivity index (χ1n) is 11.5. The largest absolute Gasteiger partial charge is 0.322 e. The molecule has 5 rings (SSSR count). The molecular formula is C28H25FN4O2. The SMILES string of the molecule is Cc1cc(C(=O)N2CCc3ccnn3-c3ccccc32)c(C)cc1NC(=O)c1cc(F)ccc1C. The second-order valence-electron chi connectivity index (χ2n) is 8.83. The van der Waals surface area contributed by atoms with E-state index < -0.39 is 5.82 Å². The Morgan fingerprint density at radius 3 is 2.46 bits per heavy atom. The zero-order valence-electron chi connectivity index (χ0n) is 19.8. The molecule has 0 unspecified atom stereocenters. The number of carbonyl (C=O) groups is 2. The lowest BCUT2D eigenvalue weighted by Crippen LogP contribution is -2.33. The molecule has 6 nitrogen and oxygen atoms in total. The number of carbonyl (C=O) groups excluding carboxylic acids is 2. The van der Waals surface area contributed by atoms with E-state index in [0.717, 1.165) is 28.2 Å². The van der Waals surface area contributed by atoms with Crippen molar-refractivity contribution in [2.45, 2.75) is 27.2 Å². The lowest BCUT2D eigenvalue weighted by molar-refractivity contribution is 0.0985. The number of para-hydroxylation sites is 2. The van der Waals surface area contributed by atoms with Crippen LogP contribution >= 0.6 is 0 Å². The fraction of sp³-hybridized carbons (Fsp3) is 0.179. The maximum atomic E-state index is 13.8. The lowest BCUT2D eigenvalue weighted by Gasteiger charge is -2.24. The summed E-state index contributed by atoms with van der Waals surface area (Å²) in [5.74, 6) is -0.962. The Balaban J connectivity index is 1.46. The minimum atomic E-state index is -0.464. The molecule has 7 heteroatoms. The van der Waals surface area contributed by atoms with Gasteiger partial charge in [0.1, 0.15) is 5.82 Å². The van der Waals surface area contributed by atoms with Crippen molar-refractivity contribution in [1.82, 2.24) is 9.78 Å². The Bertz CT molecular complexity index is 1470. The number of hydrogen-bond donors (Lipinski definition) is 1. The minimum Gasteiger partial charge on any atom is -0.322 e. The van der Waals surface area contributed by atoms with Crippen molar-refractivity contribution in [3.63, 3.8) is 0 Å². The van der Waals surface area contributed by atoms with Crippen LogP contribution < -0.4 is 10.2 Å². The van der Waals surface area contributed by atoms with Crippen LogP contribution in [-0.2, 0) is 6.42 Å². The molecule has 35 heavy (non-hydrogen) atoms. The first-order valence-corrected chi connectivity index (χ1v) is 11.5. The normalized spacial score (nSPS) is 12.5. The van der Waals surface area contributed by atoms with E-state index in [0.29, 0.717) is 29.8 Å². The fourth-order valence-corrected chi connectivity index (χ4v) is 4.52. The Labute approximate surface area is 203 Å². The van der Waals surface area contributed by atoms with Gasteiger partial charge < -0.3 is 10.2 Å². The molecule has 2 amide bonds. The van der Waals surface area contributed by atoms with Crippen molar-refractivity contribution in [3.05, 3.63) is 106 Å². The average molecular weight is 469 g/mol. The predicted octanol–water partition coefficient (Wildman–Crippen LogP) is 5.39. The van der Waals surface area contributed by atoms with E-state index in [-0.39, 0.29) is 17.4 Å². The third-order valence-corrected chi connectivity index (χ3v) is 6.45. The average Bonchev–Trinajstić information content (AvgIpc) is 3.25. The van der Waals surface area contributed by atoms with Crippen molar-refractivity contribution in [2.24, 2.45) is 0 Å². The number of aromatic nitrogens is 2. The van der Waals surface area contributed by atoms with Gasteiger partial charge >= 0.3 is 0 Å². The molecule has 1 aromatic heterocycles. The molecule has 0 saturated carbocycles. The number of rotatable bonds is 3. The van der Waals surface area contributed by atoms with Gasteiger partial charge in [-0.05, 0) is 79.9 Å². The number of benzene rings is 3. The van der Waals surface area contributed by atoms with Gasteiger partial charge in [-0.15, -0.1) is 0 Å². The highest BCUT2D eigenvalue weighted by molar-refractivity contribution is 6.09. The molecule has 1 aliphatic rings. The van der Waals surface area contributed by atoms with Crippen molar-refractivity contribution in [3.8, 4) is 5.69 Å². The first kappa shape index (κ1) is 22.5. The van der Waals surface area contributed by atoms with Crippen molar-refractivity contribution in [2.75, 3.05) is 16.8 Å². The highest BCUT2D eigenvalue weighted by Crippen LogP contribution is 2.31. The summed E-state index contributed by atoms with van der Waals surface area (Å²) in [4.78, 5) is 28.4. The molecule has 0 saturated heterocycles. The monoisotopic (exact) mass is 468 g/mol. The molecule has 176 valence electrons. The van der Waals surface area contributed by atoms with Gasteiger partial charge in [0.05, 0.1) is 11.4 Å². The van der Waals surface area contributed by atoms with Crippen molar-refractivity contribution >= 4 is 23.2 Å². The maximum absolute atomic E-state index is 13.8. The van der Waals surface area contributed by atoms with Crippen LogP contribution in [0.1, 0.15) is 43.1 Å². The van der Waals surface area contributed by atoms with Gasteiger partial charge in [-0.1, -0.05) is 18.2 Å². The van der Waals surface area contributed by atoms with Gasteiger partial charge in [0.25, 0.3) is 11.8 Å². The number of hydrogen-bond acceptors (Lipinski definition) is 3. The van der Waals surface area contributed by atoms with Crippen LogP contribution in [0.2, 0.25) is 0 Å². The molecule has 3 aromatic carbocycles. The molecule has 0 radical (unpaired) electrons. The summed E-state index contributed by atoms with van der Waals surface area (Å²) in [6, 6.07) is 17.5. The number of nitrogens with one attached hydrogen (secondary N) is 1. The van der Waals surface area contributed by atoms with E-state index >= 15 is 0 Å². The van der Waals surface area contributed by atoms with Gasteiger partial charge in [0, 0.05) is 41.7 Å². The Morgan fingerprint density at radius 1 is 0.886 bits per heavy atom. The van der Waals surface area contributed by atoms with Gasteiger partial charge in [0.15, 0.2) is 0 Å². The Hall–Kier alpha value is -4.26. The predicted molar refractivity (Wildman–Crippen MR) is 134 cm³/mol. The molecule has 0 spiro atoms. The number of amides is 2. The highest BCUT2D eigenvalue weighted by atomic mass is 19.1. The molecule has 4 aromatic rings. The van der Waals surface area contributed by atoms with Crippen LogP contribution in [0.25, 0.3) is 5.69 Å². The highest BCUT2D eigenvalue weighted by Gasteiger charge is 2.26. The summed E-state index contributed by atoms with van der Waals surface area (Å²) in [6.07, 6.45) is 2.45. The van der Waals surface area contributed by atoms with Crippen molar-refractivity contribution in [1.29, 1.82) is 0 Å². The molecule has 1 aliphatic heterocycles. The first-order chi connectivity index (χ1) is 16.8. The third kappa shape index (κ3) is 4.10. The van der Waals surface area contributed by atoms with E-state index in [9.17, 15) is 14.0 Å². The van der Waals surface area contributed by atoms with Crippen LogP contribution in [0.5, 0.6) is 0 Å². The van der Waals surface area contributed by atoms with Crippen LogP contribution in [0.15, 0.2) is 66.9 Å². The second kappa shape index (κ2) is 8.83. The van der Waals surface area contributed by atoms with Gasteiger partial charge in [-0.2, -0.15) is 5.10 Å². The van der Waals surface area contributed by atoms with E-state index in [4.69, 9.17) is 0 Å². The lowest BCUT2D eigenvalue weighted by atomic mass is 10.0. The van der Waals surface area contributed by atoms with E-state index in [1.807, 2.05) is 48.9 Å². The summed E-state index contributed by atoms with van der Waals surface area (Å²) in [5, 5.41) is 7.32. The third-order valence-electron chi connectivity index (χ3n) is 6.45. The molecule has 2 heterocycles. The fourth-order valence-electron chi connectivity index (χ4n) is 4.52. The quantitative estimate of drug-likeness (QED) is 0.438. The number of aryl methyl sites for hydroxylation is 3. The van der Waals surface area contributed by atoms with Crippen LogP contribution in [-0.4, -0.2) is 28.1 Å². The Kier molecular flexibility index (Phi) is 5.68. The van der Waals surface area contributed by atoms with E-state index in [2.05, 4.69) is 10.4 Å². The smallest absolute Gasteiger partial charge is 0.258 e. The summed E-state index contributed by atoms with van der Waals surface area (Å²) in [5.41, 5.74) is 6.32. The van der Waals surface area contributed by atoms with Crippen LogP contribution in [0.4, 0.5) is 15.8 Å². The Morgan fingerprint density at radius 2 is 1.66 bits per heavy atom. The zero-order chi connectivity index (χ0) is 24.7. The molecule has 0 aliphatic carbocycles. The molecule has 0 bridgehead atoms. The topological polar surface area (TPSA) is 67.2 Å². The summed E-state index contributed by atoms with van der Waals surface area (Å²) < 4.78 is 15.6. The van der Waals surface area contributed by atoms with E-state index in [1.165, 1.54) is 12.1 Å². The number of anilines is 2. The van der Waals surface area contributed by atoms with Crippen LogP contribution in [0.3, 0.4) is 0 Å². The number of halogens is 1. The van der Waals surface area contributed by atoms with E-state index in [1.54, 1.807) is 36.2 Å². The molecular weight excluding hydrogens is 443 g/mol. The second-order valence-corrected chi connectivity index (χ2v) is 8.83. The van der Waals surface area contributed by atoms with Gasteiger partial charge in [-0.25, -0.2) is 9.07 Å². The minimum absolute atomic E-state index is 0.109. The zero-order valence-corrected chi connectivity index (χ0v) is 19.8. The molecule has 0 fully saturated rings. The van der Waals surface area contributed by atoms with Gasteiger partial charge in [0.2, 0.25) is 0 Å². The van der Waals surface area contributed by atoms with Crippen molar-refractivity contribution < 1.29 is 14.0 Å². The summed E-state index contributed by atoms with van der Waals surface area (Å²) >= 11 is 0. The summed E-state index contributed by atoms with van der Waals surface area (Å²) in [6.45, 7) is 5.98.